The molecule has 0 N–H and O–H groups in total. The standard InChI is InChI=1S/C14H19N7O.C2H6/c1-11-5-16-13(17-6-11)20-3-4-21(12(7-20)8-22-2)14-18-9-15-10-19-14;1-2/h5-6,9-10,12H,3-4,7-8H2,1-2H3;1-2H3. The highest BCUT2D eigenvalue weighted by Crippen LogP contribution is 2.19. The number of aryl methyl sites for hydroxylation is 1. The van der Waals surface area contributed by atoms with Crippen molar-refractivity contribution in [2.75, 3.05) is 43.2 Å². The van der Waals surface area contributed by atoms with E-state index in [9.17, 15) is 0 Å². The van der Waals surface area contributed by atoms with Crippen LogP contribution in [0.1, 0.15) is 19.4 Å². The van der Waals surface area contributed by atoms with Gasteiger partial charge in [0, 0.05) is 39.1 Å². The van der Waals surface area contributed by atoms with E-state index in [1.165, 1.54) is 12.7 Å². The Balaban J connectivity index is 0.00000100. The molecule has 1 saturated heterocycles. The average molecular weight is 331 g/mol. The highest BCUT2D eigenvalue weighted by atomic mass is 16.5. The predicted octanol–water partition coefficient (Wildman–Crippen LogP) is 1.34. The molecular formula is C16H25N7O. The van der Waals surface area contributed by atoms with Crippen molar-refractivity contribution in [3.8, 4) is 0 Å². The zero-order valence-corrected chi connectivity index (χ0v) is 14.8. The smallest absolute Gasteiger partial charge is 0.228 e. The number of aromatic nitrogens is 5. The SMILES string of the molecule is CC.COCC1CN(c2ncc(C)cn2)CCN1c1ncncn1. The summed E-state index contributed by atoms with van der Waals surface area (Å²) in [6.07, 6.45) is 6.71. The maximum Gasteiger partial charge on any atom is 0.228 e. The van der Waals surface area contributed by atoms with E-state index in [4.69, 9.17) is 4.74 Å². The highest BCUT2D eigenvalue weighted by Gasteiger charge is 2.29. The van der Waals surface area contributed by atoms with Crippen LogP contribution in [0.2, 0.25) is 0 Å². The second-order valence-electron chi connectivity index (χ2n) is 5.25. The zero-order valence-electron chi connectivity index (χ0n) is 14.8. The molecule has 0 aliphatic carbocycles. The molecule has 1 fully saturated rings. The number of hydrogen-bond donors (Lipinski definition) is 0. The molecule has 8 nitrogen and oxygen atoms in total. The summed E-state index contributed by atoms with van der Waals surface area (Å²) in [6.45, 7) is 8.94. The van der Waals surface area contributed by atoms with Gasteiger partial charge in [0.05, 0.1) is 12.6 Å². The lowest BCUT2D eigenvalue weighted by molar-refractivity contribution is 0.173. The van der Waals surface area contributed by atoms with Crippen LogP contribution in [0.4, 0.5) is 11.9 Å². The largest absolute Gasteiger partial charge is 0.382 e. The van der Waals surface area contributed by atoms with Crippen LogP contribution < -0.4 is 9.80 Å². The molecule has 0 radical (unpaired) electrons. The van der Waals surface area contributed by atoms with Gasteiger partial charge in [0.15, 0.2) is 0 Å². The fourth-order valence-corrected chi connectivity index (χ4v) is 2.57. The number of ether oxygens (including phenoxy) is 1. The summed E-state index contributed by atoms with van der Waals surface area (Å²) in [5.41, 5.74) is 1.06. The summed E-state index contributed by atoms with van der Waals surface area (Å²) >= 11 is 0. The molecule has 130 valence electrons. The third kappa shape index (κ3) is 4.35. The molecule has 2 aromatic heterocycles. The fraction of sp³-hybridized carbons (Fsp3) is 0.562. The molecule has 1 unspecified atom stereocenters. The van der Waals surface area contributed by atoms with Gasteiger partial charge in [-0.3, -0.25) is 0 Å². The van der Waals surface area contributed by atoms with Crippen LogP contribution in [0, 0.1) is 6.92 Å². The summed E-state index contributed by atoms with van der Waals surface area (Å²) in [6, 6.07) is 0.144. The third-order valence-corrected chi connectivity index (χ3v) is 3.63. The molecule has 2 aromatic rings. The van der Waals surface area contributed by atoms with Gasteiger partial charge < -0.3 is 14.5 Å². The van der Waals surface area contributed by atoms with E-state index in [1.54, 1.807) is 7.11 Å². The third-order valence-electron chi connectivity index (χ3n) is 3.63. The topological polar surface area (TPSA) is 80.2 Å². The van der Waals surface area contributed by atoms with E-state index in [-0.39, 0.29) is 6.04 Å². The predicted molar refractivity (Wildman–Crippen MR) is 93.2 cm³/mol. The van der Waals surface area contributed by atoms with Crippen LogP contribution in [0.5, 0.6) is 0 Å². The van der Waals surface area contributed by atoms with Crippen molar-refractivity contribution >= 4 is 11.9 Å². The molecule has 0 saturated carbocycles. The molecule has 0 spiro atoms. The van der Waals surface area contributed by atoms with Gasteiger partial charge in [-0.05, 0) is 12.5 Å². The van der Waals surface area contributed by atoms with Gasteiger partial charge in [-0.25, -0.2) is 24.9 Å². The second-order valence-corrected chi connectivity index (χ2v) is 5.25. The van der Waals surface area contributed by atoms with Gasteiger partial charge in [-0.2, -0.15) is 0 Å². The van der Waals surface area contributed by atoms with Crippen LogP contribution in [0.15, 0.2) is 25.0 Å². The first kappa shape index (κ1) is 18.0. The van der Waals surface area contributed by atoms with Gasteiger partial charge in [0.1, 0.15) is 12.7 Å². The summed E-state index contributed by atoms with van der Waals surface area (Å²) < 4.78 is 5.36. The molecular weight excluding hydrogens is 306 g/mol. The lowest BCUT2D eigenvalue weighted by atomic mass is 10.2. The quantitative estimate of drug-likeness (QED) is 0.830. The number of anilines is 2. The Morgan fingerprint density at radius 3 is 2.33 bits per heavy atom. The molecule has 1 aliphatic heterocycles. The molecule has 8 heteroatoms. The first-order valence-electron chi connectivity index (χ1n) is 8.19. The monoisotopic (exact) mass is 331 g/mol. The minimum absolute atomic E-state index is 0.144. The average Bonchev–Trinajstić information content (AvgIpc) is 2.65. The Labute approximate surface area is 143 Å². The molecule has 0 bridgehead atoms. The normalized spacial score (nSPS) is 17.2. The van der Waals surface area contributed by atoms with Gasteiger partial charge in [0.2, 0.25) is 11.9 Å². The van der Waals surface area contributed by atoms with Gasteiger partial charge in [-0.15, -0.1) is 0 Å². The summed E-state index contributed by atoms with van der Waals surface area (Å²) in [5, 5.41) is 0. The minimum atomic E-state index is 0.144. The number of hydrogen-bond acceptors (Lipinski definition) is 8. The Morgan fingerprint density at radius 1 is 1.04 bits per heavy atom. The number of nitrogens with zero attached hydrogens (tertiary/aromatic N) is 7. The first-order valence-corrected chi connectivity index (χ1v) is 8.19. The molecule has 3 heterocycles. The number of rotatable bonds is 4. The molecule has 3 rings (SSSR count). The molecule has 0 aromatic carbocycles. The van der Waals surface area contributed by atoms with Crippen molar-refractivity contribution in [1.29, 1.82) is 0 Å². The molecule has 0 amide bonds. The summed E-state index contributed by atoms with van der Waals surface area (Å²) in [4.78, 5) is 25.5. The van der Waals surface area contributed by atoms with Crippen LogP contribution in [-0.2, 0) is 4.74 Å². The molecule has 1 atom stereocenters. The Hall–Kier alpha value is -2.35. The van der Waals surface area contributed by atoms with Crippen molar-refractivity contribution in [3.05, 3.63) is 30.6 Å². The van der Waals surface area contributed by atoms with Gasteiger partial charge in [0.25, 0.3) is 0 Å². The highest BCUT2D eigenvalue weighted by molar-refractivity contribution is 5.39. The van der Waals surface area contributed by atoms with E-state index in [0.717, 1.165) is 31.1 Å². The summed E-state index contributed by atoms with van der Waals surface area (Å²) in [5.74, 6) is 1.43. The lowest BCUT2D eigenvalue weighted by Crippen LogP contribution is -2.56. The molecule has 24 heavy (non-hydrogen) atoms. The second kappa shape index (κ2) is 9.07. The molecule has 1 aliphatic rings. The Kier molecular flexibility index (Phi) is 6.80. The Morgan fingerprint density at radius 2 is 1.71 bits per heavy atom. The minimum Gasteiger partial charge on any atom is -0.382 e. The number of piperazine rings is 1. The van der Waals surface area contributed by atoms with E-state index in [2.05, 4.69) is 34.7 Å². The maximum absolute atomic E-state index is 5.36. The number of methoxy groups -OCH3 is 1. The fourth-order valence-electron chi connectivity index (χ4n) is 2.57. The van der Waals surface area contributed by atoms with Gasteiger partial charge in [-0.1, -0.05) is 13.8 Å². The van der Waals surface area contributed by atoms with Crippen LogP contribution in [0.3, 0.4) is 0 Å². The van der Waals surface area contributed by atoms with E-state index in [1.807, 2.05) is 33.2 Å². The van der Waals surface area contributed by atoms with Gasteiger partial charge >= 0.3 is 0 Å². The first-order chi connectivity index (χ1) is 11.8. The van der Waals surface area contributed by atoms with Crippen LogP contribution in [-0.4, -0.2) is 64.3 Å². The maximum atomic E-state index is 5.36. The Bertz CT molecular complexity index is 593. The van der Waals surface area contributed by atoms with Crippen molar-refractivity contribution in [2.45, 2.75) is 26.8 Å². The van der Waals surface area contributed by atoms with Crippen LogP contribution >= 0.6 is 0 Å². The van der Waals surface area contributed by atoms with Crippen molar-refractivity contribution in [1.82, 2.24) is 24.9 Å². The van der Waals surface area contributed by atoms with Crippen LogP contribution in [0.25, 0.3) is 0 Å². The summed E-state index contributed by atoms with van der Waals surface area (Å²) in [7, 11) is 1.70. The van der Waals surface area contributed by atoms with E-state index in [0.29, 0.717) is 12.6 Å². The van der Waals surface area contributed by atoms with E-state index < -0.39 is 0 Å². The van der Waals surface area contributed by atoms with Crippen molar-refractivity contribution in [3.63, 3.8) is 0 Å². The zero-order chi connectivity index (χ0) is 17.4. The van der Waals surface area contributed by atoms with Crippen molar-refractivity contribution in [2.24, 2.45) is 0 Å². The lowest BCUT2D eigenvalue weighted by Gasteiger charge is -2.41. The van der Waals surface area contributed by atoms with Crippen molar-refractivity contribution < 1.29 is 4.74 Å². The van der Waals surface area contributed by atoms with E-state index >= 15 is 0 Å².